The molecule has 0 aromatic carbocycles. The van der Waals surface area contributed by atoms with Crippen LogP contribution < -0.4 is 5.32 Å². The number of hydrogen-bond acceptors (Lipinski definition) is 6. The van der Waals surface area contributed by atoms with E-state index >= 15 is 0 Å². The monoisotopic (exact) mass is 353 g/mol. The summed E-state index contributed by atoms with van der Waals surface area (Å²) in [4.78, 5) is 11.3. The van der Waals surface area contributed by atoms with Gasteiger partial charge in [-0.15, -0.1) is 0 Å². The summed E-state index contributed by atoms with van der Waals surface area (Å²) in [6.07, 6.45) is 0.957. The number of ether oxygens (including phenoxy) is 2. The van der Waals surface area contributed by atoms with Gasteiger partial charge in [-0.05, 0) is 34.1 Å². The van der Waals surface area contributed by atoms with E-state index in [0.29, 0.717) is 30.8 Å². The predicted octanol–water partition coefficient (Wildman–Crippen LogP) is 1.99. The van der Waals surface area contributed by atoms with Crippen molar-refractivity contribution < 1.29 is 14.0 Å². The zero-order valence-corrected chi connectivity index (χ0v) is 15.8. The highest BCUT2D eigenvalue weighted by molar-refractivity contribution is 5.80. The Balaban J connectivity index is 1.93. The van der Waals surface area contributed by atoms with Crippen molar-refractivity contribution in [3.63, 3.8) is 0 Å². The summed E-state index contributed by atoms with van der Waals surface area (Å²) in [5, 5.41) is 7.31. The molecule has 0 amide bonds. The van der Waals surface area contributed by atoms with Crippen molar-refractivity contribution in [2.24, 2.45) is 10.9 Å². The van der Waals surface area contributed by atoms with Gasteiger partial charge in [-0.1, -0.05) is 5.16 Å². The highest BCUT2D eigenvalue weighted by Crippen LogP contribution is 2.17. The molecule has 1 fully saturated rings. The Morgan fingerprint density at radius 1 is 1.40 bits per heavy atom. The van der Waals surface area contributed by atoms with E-state index in [2.05, 4.69) is 32.3 Å². The highest BCUT2D eigenvalue weighted by Gasteiger charge is 2.25. The molecule has 0 spiro atoms. The third-order valence-electron chi connectivity index (χ3n) is 4.11. The fraction of sp³-hybridized carbons (Fsp3) is 0.824. The molecule has 0 saturated carbocycles. The summed E-state index contributed by atoms with van der Waals surface area (Å²) < 4.78 is 16.3. The summed E-state index contributed by atoms with van der Waals surface area (Å²) in [6, 6.07) is 0. The maximum absolute atomic E-state index is 5.55. The van der Waals surface area contributed by atoms with Crippen molar-refractivity contribution in [1.29, 1.82) is 0 Å². The number of rotatable bonds is 9. The van der Waals surface area contributed by atoms with Crippen molar-refractivity contribution in [2.45, 2.75) is 46.8 Å². The third kappa shape index (κ3) is 5.97. The van der Waals surface area contributed by atoms with Gasteiger partial charge in [0.05, 0.1) is 6.61 Å². The van der Waals surface area contributed by atoms with Gasteiger partial charge in [-0.2, -0.15) is 4.98 Å². The van der Waals surface area contributed by atoms with Crippen LogP contribution in [0, 0.1) is 5.92 Å². The van der Waals surface area contributed by atoms with Gasteiger partial charge >= 0.3 is 0 Å². The van der Waals surface area contributed by atoms with Gasteiger partial charge in [0.2, 0.25) is 5.89 Å². The minimum Gasteiger partial charge on any atom is -0.381 e. The van der Waals surface area contributed by atoms with E-state index in [-0.39, 0.29) is 6.10 Å². The Morgan fingerprint density at radius 3 is 2.96 bits per heavy atom. The number of aliphatic imine (C=N–C) groups is 1. The number of guanidine groups is 1. The number of nitrogens with zero attached hydrogens (tertiary/aromatic N) is 4. The van der Waals surface area contributed by atoms with Crippen molar-refractivity contribution in [3.8, 4) is 0 Å². The first-order valence-corrected chi connectivity index (χ1v) is 9.22. The molecule has 2 rings (SSSR count). The average Bonchev–Trinajstić information content (AvgIpc) is 3.26. The molecule has 2 unspecified atom stereocenters. The number of hydrogen-bond donors (Lipinski definition) is 1. The molecule has 0 radical (unpaired) electrons. The minimum absolute atomic E-state index is 0.169. The molecule has 1 aliphatic rings. The molecule has 1 N–H and O–H groups in total. The zero-order valence-electron chi connectivity index (χ0n) is 15.8. The van der Waals surface area contributed by atoms with Crippen molar-refractivity contribution in [3.05, 3.63) is 11.7 Å². The summed E-state index contributed by atoms with van der Waals surface area (Å²) in [6.45, 7) is 13.3. The molecule has 1 aliphatic heterocycles. The van der Waals surface area contributed by atoms with Crippen LogP contribution in [-0.4, -0.2) is 60.5 Å². The lowest BCUT2D eigenvalue weighted by atomic mass is 10.1. The molecule has 1 aromatic heterocycles. The molecular formula is C17H31N5O3. The molecule has 8 heteroatoms. The number of nitrogens with one attached hydrogen (secondary N) is 1. The van der Waals surface area contributed by atoms with Crippen molar-refractivity contribution >= 4 is 5.96 Å². The minimum atomic E-state index is -0.169. The Kier molecular flexibility index (Phi) is 8.14. The second-order valence-corrected chi connectivity index (χ2v) is 6.07. The van der Waals surface area contributed by atoms with E-state index < -0.39 is 0 Å². The summed E-state index contributed by atoms with van der Waals surface area (Å²) in [7, 11) is 0. The number of aromatic nitrogens is 2. The van der Waals surface area contributed by atoms with Crippen LogP contribution in [0.2, 0.25) is 0 Å². The normalized spacial score (nSPS) is 19.4. The topological polar surface area (TPSA) is 85.0 Å². The summed E-state index contributed by atoms with van der Waals surface area (Å²) in [5.41, 5.74) is 0. The van der Waals surface area contributed by atoms with E-state index in [4.69, 9.17) is 14.0 Å². The van der Waals surface area contributed by atoms with Crippen molar-refractivity contribution in [1.82, 2.24) is 20.4 Å². The Morgan fingerprint density at radius 2 is 2.24 bits per heavy atom. The zero-order chi connectivity index (χ0) is 18.1. The quantitative estimate of drug-likeness (QED) is 0.537. The molecule has 0 aliphatic carbocycles. The lowest BCUT2D eigenvalue weighted by molar-refractivity contribution is 0.0683. The number of likely N-dealkylation sites (tertiary alicyclic amines) is 1. The summed E-state index contributed by atoms with van der Waals surface area (Å²) in [5.74, 6) is 2.52. The van der Waals surface area contributed by atoms with Gasteiger partial charge in [0, 0.05) is 38.8 Å². The Labute approximate surface area is 150 Å². The molecule has 1 aromatic rings. The smallest absolute Gasteiger partial charge is 0.248 e. The first kappa shape index (κ1) is 19.7. The largest absolute Gasteiger partial charge is 0.381 e. The van der Waals surface area contributed by atoms with E-state index in [1.807, 2.05) is 20.8 Å². The third-order valence-corrected chi connectivity index (χ3v) is 4.11. The van der Waals surface area contributed by atoms with E-state index in [0.717, 1.165) is 45.2 Å². The maximum Gasteiger partial charge on any atom is 0.248 e. The first-order valence-electron chi connectivity index (χ1n) is 9.22. The Bertz CT molecular complexity index is 534. The molecule has 0 bridgehead atoms. The van der Waals surface area contributed by atoms with Crippen LogP contribution in [0.15, 0.2) is 9.52 Å². The van der Waals surface area contributed by atoms with Crippen LogP contribution in [0.1, 0.15) is 51.9 Å². The maximum atomic E-state index is 5.55. The fourth-order valence-electron chi connectivity index (χ4n) is 2.84. The molecule has 2 atom stereocenters. The van der Waals surface area contributed by atoms with E-state index in [1.165, 1.54) is 0 Å². The predicted molar refractivity (Wildman–Crippen MR) is 95.3 cm³/mol. The second kappa shape index (κ2) is 10.4. The second-order valence-electron chi connectivity index (χ2n) is 6.07. The molecular weight excluding hydrogens is 322 g/mol. The van der Waals surface area contributed by atoms with E-state index in [1.54, 1.807) is 0 Å². The van der Waals surface area contributed by atoms with Crippen LogP contribution in [0.5, 0.6) is 0 Å². The lowest BCUT2D eigenvalue weighted by Crippen LogP contribution is -2.40. The first-order chi connectivity index (χ1) is 12.2. The molecule has 25 heavy (non-hydrogen) atoms. The van der Waals surface area contributed by atoms with Gasteiger partial charge in [-0.25, -0.2) is 4.99 Å². The molecule has 142 valence electrons. The molecule has 1 saturated heterocycles. The van der Waals surface area contributed by atoms with Crippen LogP contribution in [0.3, 0.4) is 0 Å². The van der Waals surface area contributed by atoms with Gasteiger partial charge in [0.25, 0.3) is 0 Å². The lowest BCUT2D eigenvalue weighted by Gasteiger charge is -2.21. The molecule has 8 nitrogen and oxygen atoms in total. The standard InChI is InChI=1S/C17H31N5O3/c1-5-18-17(22-9-8-14(11-22)12-23-6-2)19-10-15-20-16(21-25-15)13(4)24-7-3/h13-14H,5-12H2,1-4H3,(H,18,19). The van der Waals surface area contributed by atoms with Gasteiger partial charge < -0.3 is 24.2 Å². The fourth-order valence-corrected chi connectivity index (χ4v) is 2.84. The van der Waals surface area contributed by atoms with Gasteiger partial charge in [0.1, 0.15) is 12.6 Å². The highest BCUT2D eigenvalue weighted by atomic mass is 16.5. The van der Waals surface area contributed by atoms with Gasteiger partial charge in [0.15, 0.2) is 11.8 Å². The SMILES string of the molecule is CCNC(=NCc1nc(C(C)OCC)no1)N1CCC(COCC)C1. The summed E-state index contributed by atoms with van der Waals surface area (Å²) >= 11 is 0. The van der Waals surface area contributed by atoms with Crippen LogP contribution >= 0.6 is 0 Å². The van der Waals surface area contributed by atoms with Gasteiger partial charge in [-0.3, -0.25) is 0 Å². The van der Waals surface area contributed by atoms with Crippen LogP contribution in [0.4, 0.5) is 0 Å². The van der Waals surface area contributed by atoms with Crippen LogP contribution in [-0.2, 0) is 16.0 Å². The van der Waals surface area contributed by atoms with E-state index in [9.17, 15) is 0 Å². The average molecular weight is 353 g/mol. The van der Waals surface area contributed by atoms with Crippen LogP contribution in [0.25, 0.3) is 0 Å². The molecule has 2 heterocycles. The van der Waals surface area contributed by atoms with Crippen molar-refractivity contribution in [2.75, 3.05) is 39.5 Å². The Hall–Kier alpha value is -1.67.